The first-order chi connectivity index (χ1) is 17.4. The molecule has 2 heterocycles. The van der Waals surface area contributed by atoms with Gasteiger partial charge in [0.05, 0.1) is 0 Å². The third-order valence-corrected chi connectivity index (χ3v) is 5.07. The van der Waals surface area contributed by atoms with Crippen LogP contribution in [0, 0.1) is 5.82 Å². The zero-order valence-electron chi connectivity index (χ0n) is 19.1. The number of benzene rings is 2. The largest absolute Gasteiger partial charge is 0.479 e. The summed E-state index contributed by atoms with van der Waals surface area (Å²) < 4.78 is 30.2. The van der Waals surface area contributed by atoms with Gasteiger partial charge in [-0.1, -0.05) is 41.6 Å². The van der Waals surface area contributed by atoms with Crippen LogP contribution in [-0.2, 0) is 17.8 Å². The summed E-state index contributed by atoms with van der Waals surface area (Å²) in [5.41, 5.74) is 1.67. The number of carboxylic acid groups (broad SMARTS) is 1. The Balaban J connectivity index is 1.43. The van der Waals surface area contributed by atoms with Crippen LogP contribution in [0.25, 0.3) is 0 Å². The van der Waals surface area contributed by atoms with E-state index in [0.29, 0.717) is 12.1 Å². The van der Waals surface area contributed by atoms with E-state index in [1.54, 1.807) is 6.07 Å². The summed E-state index contributed by atoms with van der Waals surface area (Å²) in [5.74, 6) is -2.27. The number of nitrogens with one attached hydrogen (secondary N) is 1. The molecule has 0 aliphatic carbocycles. The number of aromatic nitrogens is 3. The highest BCUT2D eigenvalue weighted by molar-refractivity contribution is 5.96. The normalized spacial score (nSPS) is 11.5. The first-order valence-corrected chi connectivity index (χ1v) is 10.8. The van der Waals surface area contributed by atoms with Gasteiger partial charge in [-0.2, -0.15) is 0 Å². The molecule has 2 N–H and O–H groups in total. The van der Waals surface area contributed by atoms with Crippen molar-refractivity contribution in [1.82, 2.24) is 20.6 Å². The van der Waals surface area contributed by atoms with Gasteiger partial charge in [0.15, 0.2) is 11.8 Å². The van der Waals surface area contributed by atoms with Gasteiger partial charge in [-0.15, -0.1) is 0 Å². The van der Waals surface area contributed by atoms with Crippen molar-refractivity contribution in [2.24, 2.45) is 0 Å². The van der Waals surface area contributed by atoms with Crippen LogP contribution >= 0.6 is 0 Å². The number of aliphatic carboxylic acids is 1. The summed E-state index contributed by atoms with van der Waals surface area (Å²) in [6.45, 7) is 1.19. The number of rotatable bonds is 10. The van der Waals surface area contributed by atoms with Crippen LogP contribution in [0.2, 0.25) is 0 Å². The molecule has 0 spiro atoms. The molecule has 2 aromatic carbocycles. The molecule has 36 heavy (non-hydrogen) atoms. The Morgan fingerprint density at radius 1 is 1.08 bits per heavy atom. The molecule has 10 nitrogen and oxygen atoms in total. The standard InChI is InChI=1S/C25H21FN4O6/c1-15(25(32)33)34-18-10-9-17(20(26)13-18)14-28-22(31)19-8-5-11-27-23(19)35-24-21(29-36-30-24)12-16-6-3-2-4-7-16/h2-11,13,15H,12,14H2,1H3,(H,28,31)(H,32,33)/t15-/m1/s1. The zero-order valence-corrected chi connectivity index (χ0v) is 19.1. The van der Waals surface area contributed by atoms with Crippen LogP contribution in [0.3, 0.4) is 0 Å². The summed E-state index contributed by atoms with van der Waals surface area (Å²) in [6.07, 6.45) is 0.720. The van der Waals surface area contributed by atoms with Crippen LogP contribution in [0.5, 0.6) is 17.5 Å². The van der Waals surface area contributed by atoms with Crippen molar-refractivity contribution in [3.8, 4) is 17.5 Å². The van der Waals surface area contributed by atoms with E-state index in [4.69, 9.17) is 19.2 Å². The molecule has 1 amide bonds. The molecule has 4 rings (SSSR count). The molecule has 0 aliphatic rings. The minimum Gasteiger partial charge on any atom is -0.479 e. The Morgan fingerprint density at radius 3 is 2.64 bits per heavy atom. The highest BCUT2D eigenvalue weighted by Gasteiger charge is 2.20. The van der Waals surface area contributed by atoms with Crippen molar-refractivity contribution >= 4 is 11.9 Å². The Kier molecular flexibility index (Phi) is 7.49. The number of amides is 1. The fraction of sp³-hybridized carbons (Fsp3) is 0.160. The smallest absolute Gasteiger partial charge is 0.344 e. The molecule has 11 heteroatoms. The van der Waals surface area contributed by atoms with Crippen molar-refractivity contribution < 1.29 is 33.2 Å². The second-order valence-corrected chi connectivity index (χ2v) is 7.67. The van der Waals surface area contributed by atoms with Gasteiger partial charge >= 0.3 is 5.97 Å². The molecule has 0 bridgehead atoms. The second kappa shape index (κ2) is 11.1. The SMILES string of the molecule is C[C@@H](Oc1ccc(CNC(=O)c2cccnc2Oc2nonc2Cc2ccccc2)c(F)c1)C(=O)O. The van der Waals surface area contributed by atoms with Gasteiger partial charge < -0.3 is 19.9 Å². The lowest BCUT2D eigenvalue weighted by Gasteiger charge is -2.12. The first kappa shape index (κ1) is 24.3. The number of carbonyl (C=O) groups is 2. The Morgan fingerprint density at radius 2 is 1.89 bits per heavy atom. The fourth-order valence-electron chi connectivity index (χ4n) is 3.18. The topological polar surface area (TPSA) is 137 Å². The molecule has 184 valence electrons. The quantitative estimate of drug-likeness (QED) is 0.339. The molecule has 1 atom stereocenters. The predicted molar refractivity (Wildman–Crippen MR) is 123 cm³/mol. The summed E-state index contributed by atoms with van der Waals surface area (Å²) >= 11 is 0. The molecule has 0 aliphatic heterocycles. The van der Waals surface area contributed by atoms with Gasteiger partial charge in [-0.05, 0) is 35.8 Å². The zero-order chi connectivity index (χ0) is 25.5. The van der Waals surface area contributed by atoms with Crippen molar-refractivity contribution in [2.75, 3.05) is 0 Å². The maximum absolute atomic E-state index is 14.5. The molecular weight excluding hydrogens is 471 g/mol. The maximum atomic E-state index is 14.5. The molecule has 0 saturated carbocycles. The highest BCUT2D eigenvalue weighted by Crippen LogP contribution is 2.25. The van der Waals surface area contributed by atoms with Gasteiger partial charge in [0.1, 0.15) is 17.1 Å². The molecule has 0 unspecified atom stereocenters. The van der Waals surface area contributed by atoms with Crippen molar-refractivity contribution in [2.45, 2.75) is 26.0 Å². The van der Waals surface area contributed by atoms with E-state index < -0.39 is 23.8 Å². The van der Waals surface area contributed by atoms with Gasteiger partial charge in [-0.3, -0.25) is 4.79 Å². The van der Waals surface area contributed by atoms with E-state index in [9.17, 15) is 14.0 Å². The average molecular weight is 492 g/mol. The van der Waals surface area contributed by atoms with E-state index in [0.717, 1.165) is 11.6 Å². The summed E-state index contributed by atoms with van der Waals surface area (Å²) in [6, 6.07) is 16.5. The van der Waals surface area contributed by atoms with Crippen molar-refractivity contribution in [1.29, 1.82) is 0 Å². The third-order valence-electron chi connectivity index (χ3n) is 5.07. The van der Waals surface area contributed by atoms with Crippen molar-refractivity contribution in [3.63, 3.8) is 0 Å². The van der Waals surface area contributed by atoms with Crippen LogP contribution in [0.1, 0.15) is 34.1 Å². The van der Waals surface area contributed by atoms with E-state index in [1.165, 1.54) is 31.3 Å². The van der Waals surface area contributed by atoms with Crippen LogP contribution in [0.15, 0.2) is 71.5 Å². The minimum absolute atomic E-state index is 0.0214. The Hall–Kier alpha value is -4.80. The number of pyridine rings is 1. The Labute approximate surface area is 204 Å². The number of carbonyl (C=O) groups excluding carboxylic acids is 1. The lowest BCUT2D eigenvalue weighted by Crippen LogP contribution is -2.24. The predicted octanol–water partition coefficient (Wildman–Crippen LogP) is 3.77. The van der Waals surface area contributed by atoms with Crippen molar-refractivity contribution in [3.05, 3.63) is 95.1 Å². The van der Waals surface area contributed by atoms with Gasteiger partial charge in [-0.25, -0.2) is 18.8 Å². The number of halogens is 1. The van der Waals surface area contributed by atoms with Gasteiger partial charge in [0.25, 0.3) is 11.8 Å². The van der Waals surface area contributed by atoms with E-state index in [1.807, 2.05) is 30.3 Å². The van der Waals surface area contributed by atoms with Gasteiger partial charge in [0.2, 0.25) is 5.88 Å². The second-order valence-electron chi connectivity index (χ2n) is 7.67. The minimum atomic E-state index is -1.17. The van der Waals surface area contributed by atoms with Crippen LogP contribution in [-0.4, -0.2) is 38.4 Å². The number of ether oxygens (including phenoxy) is 2. The summed E-state index contributed by atoms with van der Waals surface area (Å²) in [5, 5.41) is 19.2. The number of carboxylic acids is 1. The van der Waals surface area contributed by atoms with E-state index in [2.05, 4.69) is 20.6 Å². The fourth-order valence-corrected chi connectivity index (χ4v) is 3.18. The average Bonchev–Trinajstić information content (AvgIpc) is 3.30. The van der Waals surface area contributed by atoms with Gasteiger partial charge in [0, 0.05) is 30.8 Å². The number of hydrogen-bond acceptors (Lipinski definition) is 8. The molecule has 0 fully saturated rings. The summed E-state index contributed by atoms with van der Waals surface area (Å²) in [7, 11) is 0. The first-order valence-electron chi connectivity index (χ1n) is 10.8. The maximum Gasteiger partial charge on any atom is 0.344 e. The lowest BCUT2D eigenvalue weighted by atomic mass is 10.1. The lowest BCUT2D eigenvalue weighted by molar-refractivity contribution is -0.144. The van der Waals surface area contributed by atoms with Crippen LogP contribution < -0.4 is 14.8 Å². The Bertz CT molecular complexity index is 1360. The summed E-state index contributed by atoms with van der Waals surface area (Å²) in [4.78, 5) is 27.9. The van der Waals surface area contributed by atoms with E-state index in [-0.39, 0.29) is 35.2 Å². The number of hydrogen-bond donors (Lipinski definition) is 2. The molecule has 4 aromatic rings. The molecule has 0 radical (unpaired) electrons. The molecule has 0 saturated heterocycles. The molecular formula is C25H21FN4O6. The molecule has 2 aromatic heterocycles. The highest BCUT2D eigenvalue weighted by atomic mass is 19.1. The van der Waals surface area contributed by atoms with E-state index >= 15 is 0 Å². The van der Waals surface area contributed by atoms with Crippen LogP contribution in [0.4, 0.5) is 4.39 Å². The number of nitrogens with zero attached hydrogens (tertiary/aromatic N) is 3. The monoisotopic (exact) mass is 492 g/mol. The third kappa shape index (κ3) is 6.00.